The Morgan fingerprint density at radius 1 is 1.25 bits per heavy atom. The molecular formula is C14H19BrN2O3. The van der Waals surface area contributed by atoms with Crippen LogP contribution in [0.1, 0.15) is 24.5 Å². The van der Waals surface area contributed by atoms with Crippen molar-refractivity contribution in [3.63, 3.8) is 0 Å². The van der Waals surface area contributed by atoms with E-state index in [9.17, 15) is 9.59 Å². The number of aryl methyl sites for hydroxylation is 2. The third-order valence-electron chi connectivity index (χ3n) is 2.66. The van der Waals surface area contributed by atoms with E-state index in [4.69, 9.17) is 4.74 Å². The van der Waals surface area contributed by atoms with E-state index in [1.54, 1.807) is 6.92 Å². The van der Waals surface area contributed by atoms with Gasteiger partial charge in [0.05, 0.1) is 13.0 Å². The molecule has 0 saturated heterocycles. The maximum Gasteiger partial charge on any atom is 0.319 e. The second-order valence-corrected chi connectivity index (χ2v) is 5.27. The maximum absolute atomic E-state index is 11.8. The quantitative estimate of drug-likeness (QED) is 0.807. The van der Waals surface area contributed by atoms with Crippen LogP contribution in [0.5, 0.6) is 0 Å². The Morgan fingerprint density at radius 2 is 1.85 bits per heavy atom. The molecule has 0 spiro atoms. The number of carbonyl (C=O) groups is 2. The van der Waals surface area contributed by atoms with E-state index in [0.717, 1.165) is 21.3 Å². The Kier molecular flexibility index (Phi) is 6.51. The number of hydrogen-bond donors (Lipinski definition) is 2. The fourth-order valence-corrected chi connectivity index (χ4v) is 2.46. The molecule has 0 bridgehead atoms. The standard InChI is InChI=1S/C14H19BrN2O3/c1-4-20-12(18)5-6-16-14(19)17-13-9(2)7-11(15)8-10(13)3/h7-8H,4-6H2,1-3H3,(H2,16,17,19). The number of benzene rings is 1. The molecule has 1 aromatic rings. The van der Waals surface area contributed by atoms with Gasteiger partial charge in [-0.25, -0.2) is 4.79 Å². The summed E-state index contributed by atoms with van der Waals surface area (Å²) in [7, 11) is 0. The molecule has 0 atom stereocenters. The lowest BCUT2D eigenvalue weighted by Crippen LogP contribution is -2.31. The molecule has 0 aliphatic carbocycles. The van der Waals surface area contributed by atoms with Gasteiger partial charge in [-0.05, 0) is 44.0 Å². The predicted octanol–water partition coefficient (Wildman–Crippen LogP) is 3.14. The van der Waals surface area contributed by atoms with Crippen LogP contribution in [0.3, 0.4) is 0 Å². The lowest BCUT2D eigenvalue weighted by Gasteiger charge is -2.13. The summed E-state index contributed by atoms with van der Waals surface area (Å²) < 4.78 is 5.75. The second-order valence-electron chi connectivity index (χ2n) is 4.35. The summed E-state index contributed by atoms with van der Waals surface area (Å²) in [6.45, 7) is 6.19. The van der Waals surface area contributed by atoms with Gasteiger partial charge in [0.25, 0.3) is 0 Å². The molecule has 0 saturated carbocycles. The Morgan fingerprint density at radius 3 is 2.40 bits per heavy atom. The SMILES string of the molecule is CCOC(=O)CCNC(=O)Nc1c(C)cc(Br)cc1C. The van der Waals surface area contributed by atoms with E-state index in [-0.39, 0.29) is 25.0 Å². The molecule has 20 heavy (non-hydrogen) atoms. The van der Waals surface area contributed by atoms with Crippen molar-refractivity contribution in [3.8, 4) is 0 Å². The van der Waals surface area contributed by atoms with Crippen molar-refractivity contribution in [2.75, 3.05) is 18.5 Å². The molecule has 1 aromatic carbocycles. The molecule has 0 unspecified atom stereocenters. The second kappa shape index (κ2) is 7.89. The molecular weight excluding hydrogens is 324 g/mol. The fourth-order valence-electron chi connectivity index (χ4n) is 1.78. The molecule has 110 valence electrons. The van der Waals surface area contributed by atoms with E-state index in [1.807, 2.05) is 26.0 Å². The van der Waals surface area contributed by atoms with Gasteiger partial charge in [-0.2, -0.15) is 0 Å². The molecule has 0 radical (unpaired) electrons. The minimum Gasteiger partial charge on any atom is -0.466 e. The maximum atomic E-state index is 11.8. The zero-order valence-electron chi connectivity index (χ0n) is 11.9. The van der Waals surface area contributed by atoms with Crippen molar-refractivity contribution in [3.05, 3.63) is 27.7 Å². The molecule has 0 aliphatic rings. The molecule has 0 aromatic heterocycles. The predicted molar refractivity (Wildman–Crippen MR) is 81.9 cm³/mol. The monoisotopic (exact) mass is 342 g/mol. The first-order chi connectivity index (χ1) is 9.43. The number of carbonyl (C=O) groups excluding carboxylic acids is 2. The normalized spacial score (nSPS) is 10.0. The van der Waals surface area contributed by atoms with Crippen LogP contribution in [0.25, 0.3) is 0 Å². The number of halogens is 1. The van der Waals surface area contributed by atoms with Gasteiger partial charge in [0, 0.05) is 16.7 Å². The van der Waals surface area contributed by atoms with Crippen LogP contribution < -0.4 is 10.6 Å². The molecule has 0 fully saturated rings. The van der Waals surface area contributed by atoms with Gasteiger partial charge in [-0.15, -0.1) is 0 Å². The molecule has 0 heterocycles. The van der Waals surface area contributed by atoms with Crippen LogP contribution in [0.15, 0.2) is 16.6 Å². The molecule has 6 heteroatoms. The number of amides is 2. The Labute approximate surface area is 127 Å². The Hall–Kier alpha value is -1.56. The zero-order valence-corrected chi connectivity index (χ0v) is 13.5. The topological polar surface area (TPSA) is 67.4 Å². The Bertz CT molecular complexity index is 480. The van der Waals surface area contributed by atoms with E-state index in [1.165, 1.54) is 0 Å². The summed E-state index contributed by atoms with van der Waals surface area (Å²) in [5, 5.41) is 5.42. The van der Waals surface area contributed by atoms with Crippen molar-refractivity contribution in [2.45, 2.75) is 27.2 Å². The highest BCUT2D eigenvalue weighted by molar-refractivity contribution is 9.10. The van der Waals surface area contributed by atoms with Crippen LogP contribution in [0, 0.1) is 13.8 Å². The van der Waals surface area contributed by atoms with Crippen molar-refractivity contribution in [2.24, 2.45) is 0 Å². The number of ether oxygens (including phenoxy) is 1. The van der Waals surface area contributed by atoms with Crippen LogP contribution in [0.2, 0.25) is 0 Å². The number of hydrogen-bond acceptors (Lipinski definition) is 3. The minimum atomic E-state index is -0.331. The average Bonchev–Trinajstić information content (AvgIpc) is 2.34. The fraction of sp³-hybridized carbons (Fsp3) is 0.429. The third-order valence-corrected chi connectivity index (χ3v) is 3.11. The summed E-state index contributed by atoms with van der Waals surface area (Å²) in [4.78, 5) is 22.9. The van der Waals surface area contributed by atoms with Crippen molar-refractivity contribution < 1.29 is 14.3 Å². The van der Waals surface area contributed by atoms with Crippen molar-refractivity contribution in [1.82, 2.24) is 5.32 Å². The smallest absolute Gasteiger partial charge is 0.319 e. The van der Waals surface area contributed by atoms with Crippen LogP contribution in [-0.4, -0.2) is 25.2 Å². The van der Waals surface area contributed by atoms with Gasteiger partial charge < -0.3 is 15.4 Å². The first kappa shape index (κ1) is 16.5. The largest absolute Gasteiger partial charge is 0.466 e. The lowest BCUT2D eigenvalue weighted by molar-refractivity contribution is -0.142. The van der Waals surface area contributed by atoms with E-state index >= 15 is 0 Å². The Balaban J connectivity index is 2.49. The lowest BCUT2D eigenvalue weighted by atomic mass is 10.1. The first-order valence-corrected chi connectivity index (χ1v) is 7.20. The summed E-state index contributed by atoms with van der Waals surface area (Å²) in [5.41, 5.74) is 2.72. The number of nitrogens with one attached hydrogen (secondary N) is 2. The van der Waals surface area contributed by atoms with E-state index in [2.05, 4.69) is 26.6 Å². The summed E-state index contributed by atoms with van der Waals surface area (Å²) >= 11 is 3.41. The van der Waals surface area contributed by atoms with Gasteiger partial charge in [-0.3, -0.25) is 4.79 Å². The molecule has 1 rings (SSSR count). The molecule has 5 nitrogen and oxygen atoms in total. The summed E-state index contributed by atoms with van der Waals surface area (Å²) in [6, 6.07) is 3.53. The zero-order chi connectivity index (χ0) is 15.1. The van der Waals surface area contributed by atoms with Crippen molar-refractivity contribution in [1.29, 1.82) is 0 Å². The molecule has 2 amide bonds. The van der Waals surface area contributed by atoms with Gasteiger partial charge in [0.15, 0.2) is 0 Å². The highest BCUT2D eigenvalue weighted by Crippen LogP contribution is 2.24. The van der Waals surface area contributed by atoms with Gasteiger partial charge in [-0.1, -0.05) is 15.9 Å². The van der Waals surface area contributed by atoms with Crippen LogP contribution in [0.4, 0.5) is 10.5 Å². The third kappa shape index (κ3) is 5.21. The number of urea groups is 1. The van der Waals surface area contributed by atoms with Gasteiger partial charge in [0.1, 0.15) is 0 Å². The molecule has 0 aliphatic heterocycles. The minimum absolute atomic E-state index is 0.166. The first-order valence-electron chi connectivity index (χ1n) is 6.41. The highest BCUT2D eigenvalue weighted by atomic mass is 79.9. The van der Waals surface area contributed by atoms with Gasteiger partial charge in [0.2, 0.25) is 0 Å². The van der Waals surface area contributed by atoms with Crippen LogP contribution in [-0.2, 0) is 9.53 Å². The number of esters is 1. The van der Waals surface area contributed by atoms with E-state index < -0.39 is 0 Å². The van der Waals surface area contributed by atoms with Gasteiger partial charge >= 0.3 is 12.0 Å². The molecule has 2 N–H and O–H groups in total. The van der Waals surface area contributed by atoms with Crippen molar-refractivity contribution >= 4 is 33.6 Å². The highest BCUT2D eigenvalue weighted by Gasteiger charge is 2.09. The van der Waals surface area contributed by atoms with Crippen LogP contribution >= 0.6 is 15.9 Å². The average molecular weight is 343 g/mol. The van der Waals surface area contributed by atoms with E-state index in [0.29, 0.717) is 6.61 Å². The number of anilines is 1. The summed E-state index contributed by atoms with van der Waals surface area (Å²) in [6.07, 6.45) is 0.166. The summed E-state index contributed by atoms with van der Waals surface area (Å²) in [5.74, 6) is -0.316. The number of rotatable bonds is 5.